The fourth-order valence-corrected chi connectivity index (χ4v) is 1.58. The van der Waals surface area contributed by atoms with Gasteiger partial charge in [-0.1, -0.05) is 0 Å². The Morgan fingerprint density at radius 3 is 2.80 bits per heavy atom. The molecule has 0 N–H and O–H groups in total. The molecule has 2 nitrogen and oxygen atoms in total. The molecule has 1 atom stereocenters. The molecule has 0 spiro atoms. The molecule has 0 fully saturated rings. The minimum absolute atomic E-state index is 0.663. The van der Waals surface area contributed by atoms with Crippen molar-refractivity contribution in [1.82, 2.24) is 0 Å². The van der Waals surface area contributed by atoms with E-state index in [2.05, 4.69) is 0 Å². The molecule has 0 bridgehead atoms. The fourth-order valence-electron chi connectivity index (χ4n) is 0.525. The first-order chi connectivity index (χ1) is 4.77. The summed E-state index contributed by atoms with van der Waals surface area (Å²) in [5.74, 6) is 1.64. The second-order valence-corrected chi connectivity index (χ2v) is 4.36. The standard InChI is InChI=1S/C6H11NOS2/c1-10(8)5-3-2-4-9-6-7/h2-5H2,1H3/t10-/m1/s1. The van der Waals surface area contributed by atoms with E-state index in [9.17, 15) is 4.21 Å². The van der Waals surface area contributed by atoms with Crippen LogP contribution in [0.2, 0.25) is 0 Å². The third-order valence-corrected chi connectivity index (χ3v) is 2.48. The van der Waals surface area contributed by atoms with E-state index in [4.69, 9.17) is 5.26 Å². The van der Waals surface area contributed by atoms with Gasteiger partial charge >= 0.3 is 0 Å². The van der Waals surface area contributed by atoms with Crippen molar-refractivity contribution in [2.75, 3.05) is 17.8 Å². The predicted molar refractivity (Wildman–Crippen MR) is 46.2 cm³/mol. The number of thioether (sulfide) groups is 1. The van der Waals surface area contributed by atoms with Crippen LogP contribution < -0.4 is 0 Å². The molecule has 10 heavy (non-hydrogen) atoms. The molecule has 0 aromatic carbocycles. The van der Waals surface area contributed by atoms with Gasteiger partial charge in [0.1, 0.15) is 5.40 Å². The summed E-state index contributed by atoms with van der Waals surface area (Å²) in [6.45, 7) is 0. The van der Waals surface area contributed by atoms with Crippen molar-refractivity contribution in [3.63, 3.8) is 0 Å². The summed E-state index contributed by atoms with van der Waals surface area (Å²) < 4.78 is 10.5. The van der Waals surface area contributed by atoms with Gasteiger partial charge in [0.05, 0.1) is 0 Å². The smallest absolute Gasteiger partial charge is 0.133 e. The zero-order valence-corrected chi connectivity index (χ0v) is 7.63. The number of unbranched alkanes of at least 4 members (excludes halogenated alkanes) is 1. The number of hydrogen-bond donors (Lipinski definition) is 0. The molecule has 58 valence electrons. The normalized spacial score (nSPS) is 12.4. The summed E-state index contributed by atoms with van der Waals surface area (Å²) in [5.41, 5.74) is 0. The quantitative estimate of drug-likeness (QED) is 0.470. The van der Waals surface area contributed by atoms with E-state index in [-0.39, 0.29) is 0 Å². The lowest BCUT2D eigenvalue weighted by molar-refractivity contribution is 0.683. The first kappa shape index (κ1) is 9.99. The van der Waals surface area contributed by atoms with Gasteiger partial charge in [0.25, 0.3) is 0 Å². The monoisotopic (exact) mass is 177 g/mol. The van der Waals surface area contributed by atoms with Crippen molar-refractivity contribution >= 4 is 22.6 Å². The van der Waals surface area contributed by atoms with Gasteiger partial charge in [-0.2, -0.15) is 5.26 Å². The minimum Gasteiger partial charge on any atom is -0.260 e. The van der Waals surface area contributed by atoms with Crippen LogP contribution in [0.4, 0.5) is 0 Å². The Labute approximate surface area is 68.5 Å². The third-order valence-electron chi connectivity index (χ3n) is 0.993. The van der Waals surface area contributed by atoms with Crippen LogP contribution in [-0.2, 0) is 10.8 Å². The predicted octanol–water partition coefficient (Wildman–Crippen LogP) is 1.36. The lowest BCUT2D eigenvalue weighted by Crippen LogP contribution is -1.93. The molecule has 0 amide bonds. The zero-order chi connectivity index (χ0) is 7.82. The first-order valence-electron chi connectivity index (χ1n) is 3.08. The Morgan fingerprint density at radius 2 is 2.30 bits per heavy atom. The average Bonchev–Trinajstić information content (AvgIpc) is 1.87. The SMILES string of the molecule is C[S@@](=O)CCCCSC#N. The number of hydrogen-bond acceptors (Lipinski definition) is 3. The van der Waals surface area contributed by atoms with E-state index in [1.807, 2.05) is 5.40 Å². The highest BCUT2D eigenvalue weighted by Crippen LogP contribution is 2.01. The number of rotatable bonds is 5. The van der Waals surface area contributed by atoms with E-state index in [1.165, 1.54) is 11.8 Å². The lowest BCUT2D eigenvalue weighted by Gasteiger charge is -1.93. The molecule has 0 saturated carbocycles. The maximum atomic E-state index is 10.5. The van der Waals surface area contributed by atoms with Crippen LogP contribution in [0, 0.1) is 10.7 Å². The van der Waals surface area contributed by atoms with E-state index in [0.29, 0.717) is 0 Å². The van der Waals surface area contributed by atoms with Crippen molar-refractivity contribution in [3.05, 3.63) is 0 Å². The molecule has 4 heteroatoms. The molecule has 0 rings (SSSR count). The van der Waals surface area contributed by atoms with Crippen LogP contribution in [-0.4, -0.2) is 22.0 Å². The summed E-state index contributed by atoms with van der Waals surface area (Å²) in [5, 5.41) is 10.1. The first-order valence-corrected chi connectivity index (χ1v) is 5.79. The van der Waals surface area contributed by atoms with Gasteiger partial charge < -0.3 is 0 Å². The second kappa shape index (κ2) is 7.10. The van der Waals surface area contributed by atoms with Crippen LogP contribution in [0.1, 0.15) is 12.8 Å². The summed E-state index contributed by atoms with van der Waals surface area (Å²) in [6.07, 6.45) is 3.67. The van der Waals surface area contributed by atoms with Crippen LogP contribution >= 0.6 is 11.8 Å². The topological polar surface area (TPSA) is 40.9 Å². The highest BCUT2D eigenvalue weighted by Gasteiger charge is 1.91. The Kier molecular flexibility index (Phi) is 7.09. The summed E-state index contributed by atoms with van der Waals surface area (Å²) >= 11 is 1.27. The molecule has 0 aliphatic heterocycles. The van der Waals surface area contributed by atoms with Crippen molar-refractivity contribution in [3.8, 4) is 5.40 Å². The lowest BCUT2D eigenvalue weighted by atomic mass is 10.4. The largest absolute Gasteiger partial charge is 0.260 e. The van der Waals surface area contributed by atoms with Crippen molar-refractivity contribution < 1.29 is 4.21 Å². The van der Waals surface area contributed by atoms with E-state index >= 15 is 0 Å². The number of nitriles is 1. The highest BCUT2D eigenvalue weighted by molar-refractivity contribution is 8.03. The van der Waals surface area contributed by atoms with Crippen molar-refractivity contribution in [2.24, 2.45) is 0 Å². The van der Waals surface area contributed by atoms with Gasteiger partial charge in [0, 0.05) is 28.6 Å². The number of nitrogens with zero attached hydrogens (tertiary/aromatic N) is 1. The van der Waals surface area contributed by atoms with Gasteiger partial charge in [-0.05, 0) is 24.6 Å². The minimum atomic E-state index is -0.663. The molecule has 0 aliphatic rings. The van der Waals surface area contributed by atoms with E-state index < -0.39 is 10.8 Å². The molecule has 0 aliphatic carbocycles. The summed E-state index contributed by atoms with van der Waals surface area (Å²) in [6, 6.07) is 0. The maximum Gasteiger partial charge on any atom is 0.133 e. The third kappa shape index (κ3) is 7.99. The average molecular weight is 177 g/mol. The zero-order valence-electron chi connectivity index (χ0n) is 6.00. The van der Waals surface area contributed by atoms with Gasteiger partial charge in [0.15, 0.2) is 0 Å². The van der Waals surface area contributed by atoms with Crippen LogP contribution in [0.5, 0.6) is 0 Å². The maximum absolute atomic E-state index is 10.5. The molecule has 0 unspecified atom stereocenters. The number of thiocyanates is 1. The molecular weight excluding hydrogens is 166 g/mol. The van der Waals surface area contributed by atoms with Crippen LogP contribution in [0.15, 0.2) is 0 Å². The second-order valence-electron chi connectivity index (χ2n) is 1.92. The molecule has 0 heterocycles. The highest BCUT2D eigenvalue weighted by atomic mass is 32.2. The Morgan fingerprint density at radius 1 is 1.60 bits per heavy atom. The van der Waals surface area contributed by atoms with Gasteiger partial charge in [-0.25, -0.2) is 0 Å². The summed E-state index contributed by atoms with van der Waals surface area (Å²) in [4.78, 5) is 0. The van der Waals surface area contributed by atoms with Crippen LogP contribution in [0.3, 0.4) is 0 Å². The van der Waals surface area contributed by atoms with E-state index in [0.717, 1.165) is 24.3 Å². The molecule has 0 aromatic rings. The molecular formula is C6H11NOS2. The molecule has 0 radical (unpaired) electrons. The molecule has 0 aromatic heterocycles. The summed E-state index contributed by atoms with van der Waals surface area (Å²) in [7, 11) is -0.663. The van der Waals surface area contributed by atoms with Crippen molar-refractivity contribution in [2.45, 2.75) is 12.8 Å². The Hall–Kier alpha value is -0.0100. The van der Waals surface area contributed by atoms with Gasteiger partial charge in [-0.3, -0.25) is 4.21 Å². The van der Waals surface area contributed by atoms with Gasteiger partial charge in [0.2, 0.25) is 0 Å². The van der Waals surface area contributed by atoms with E-state index in [1.54, 1.807) is 6.26 Å². The van der Waals surface area contributed by atoms with Gasteiger partial charge in [-0.15, -0.1) is 0 Å². The Bertz CT molecular complexity index is 141. The molecule has 0 saturated heterocycles. The van der Waals surface area contributed by atoms with Crippen LogP contribution in [0.25, 0.3) is 0 Å². The Balaban J connectivity index is 2.92. The van der Waals surface area contributed by atoms with Crippen molar-refractivity contribution in [1.29, 1.82) is 5.26 Å². The fraction of sp³-hybridized carbons (Fsp3) is 0.833.